The van der Waals surface area contributed by atoms with Crippen LogP contribution in [0.3, 0.4) is 0 Å². The molecule has 0 bridgehead atoms. The van der Waals surface area contributed by atoms with Crippen LogP contribution in [0.25, 0.3) is 10.9 Å². The van der Waals surface area contributed by atoms with Crippen molar-refractivity contribution in [3.63, 3.8) is 0 Å². The highest BCUT2D eigenvalue weighted by Crippen LogP contribution is 2.19. The molecule has 2 aromatic rings. The van der Waals surface area contributed by atoms with Crippen LogP contribution in [0, 0.1) is 6.92 Å². The van der Waals surface area contributed by atoms with Crippen LogP contribution in [-0.2, 0) is 4.79 Å². The molecular weight excluding hydrogens is 244 g/mol. The van der Waals surface area contributed by atoms with Crippen molar-refractivity contribution in [3.05, 3.63) is 34.2 Å². The predicted octanol–water partition coefficient (Wildman–Crippen LogP) is 2.26. The molecule has 1 aromatic carbocycles. The highest BCUT2D eigenvalue weighted by atomic mass is 16.4. The fraction of sp³-hybridized carbons (Fsp3) is 0.357. The van der Waals surface area contributed by atoms with E-state index in [0.717, 1.165) is 5.56 Å². The molecular formula is C14H16N2O3. The molecule has 100 valence electrons. The average Bonchev–Trinajstić information content (AvgIpc) is 2.29. The Labute approximate surface area is 110 Å². The van der Waals surface area contributed by atoms with Gasteiger partial charge in [-0.25, -0.2) is 4.79 Å². The first-order chi connectivity index (χ1) is 8.91. The molecule has 0 saturated carbocycles. The van der Waals surface area contributed by atoms with E-state index >= 15 is 0 Å². The van der Waals surface area contributed by atoms with E-state index in [2.05, 4.69) is 4.98 Å². The van der Waals surface area contributed by atoms with Gasteiger partial charge in [-0.2, -0.15) is 4.98 Å². The van der Waals surface area contributed by atoms with E-state index in [-0.39, 0.29) is 18.0 Å². The monoisotopic (exact) mass is 260 g/mol. The maximum Gasteiger partial charge on any atom is 0.348 e. The van der Waals surface area contributed by atoms with Gasteiger partial charge in [-0.1, -0.05) is 12.1 Å². The van der Waals surface area contributed by atoms with Crippen LogP contribution in [-0.4, -0.2) is 16.9 Å². The van der Waals surface area contributed by atoms with Gasteiger partial charge < -0.3 is 4.42 Å². The predicted molar refractivity (Wildman–Crippen MR) is 73.3 cm³/mol. The van der Waals surface area contributed by atoms with Crippen molar-refractivity contribution in [1.82, 2.24) is 4.98 Å². The third-order valence-electron chi connectivity index (χ3n) is 2.91. The maximum atomic E-state index is 12.0. The van der Waals surface area contributed by atoms with Crippen molar-refractivity contribution >= 4 is 22.8 Å². The van der Waals surface area contributed by atoms with E-state index in [9.17, 15) is 9.59 Å². The summed E-state index contributed by atoms with van der Waals surface area (Å²) in [4.78, 5) is 29.3. The first kappa shape index (κ1) is 13.3. The molecule has 0 fully saturated rings. The van der Waals surface area contributed by atoms with E-state index in [1.165, 1.54) is 11.8 Å². The number of aryl methyl sites for hydroxylation is 1. The zero-order valence-corrected chi connectivity index (χ0v) is 11.4. The maximum absolute atomic E-state index is 12.0. The number of nitrogens with zero attached hydrogens (tertiary/aromatic N) is 2. The summed E-state index contributed by atoms with van der Waals surface area (Å²) >= 11 is 0. The molecule has 1 aromatic heterocycles. The van der Waals surface area contributed by atoms with E-state index in [1.54, 1.807) is 12.1 Å². The molecule has 19 heavy (non-hydrogen) atoms. The molecule has 0 aliphatic carbocycles. The highest BCUT2D eigenvalue weighted by Gasteiger charge is 2.21. The van der Waals surface area contributed by atoms with Gasteiger partial charge in [0.1, 0.15) is 0 Å². The summed E-state index contributed by atoms with van der Waals surface area (Å²) in [6, 6.07) is 5.23. The van der Waals surface area contributed by atoms with E-state index in [0.29, 0.717) is 10.9 Å². The summed E-state index contributed by atoms with van der Waals surface area (Å²) in [5.41, 5.74) is 0.968. The zero-order chi connectivity index (χ0) is 14.2. The number of amides is 1. The largest absolute Gasteiger partial charge is 0.388 e. The Hall–Kier alpha value is -2.17. The highest BCUT2D eigenvalue weighted by molar-refractivity contribution is 5.91. The number of rotatable bonds is 2. The summed E-state index contributed by atoms with van der Waals surface area (Å²) < 4.78 is 5.17. The molecule has 0 aliphatic heterocycles. The second kappa shape index (κ2) is 4.84. The smallest absolute Gasteiger partial charge is 0.348 e. The van der Waals surface area contributed by atoms with Crippen molar-refractivity contribution in [3.8, 4) is 0 Å². The second-order valence-corrected chi connectivity index (χ2v) is 4.74. The lowest BCUT2D eigenvalue weighted by Crippen LogP contribution is -2.36. The Morgan fingerprint density at radius 3 is 2.63 bits per heavy atom. The Morgan fingerprint density at radius 1 is 1.37 bits per heavy atom. The molecule has 0 saturated heterocycles. The van der Waals surface area contributed by atoms with Crippen molar-refractivity contribution in [1.29, 1.82) is 0 Å². The number of carbonyl (C=O) groups is 1. The third kappa shape index (κ3) is 2.36. The van der Waals surface area contributed by atoms with Crippen LogP contribution in [0.15, 0.2) is 27.4 Å². The zero-order valence-electron chi connectivity index (χ0n) is 11.4. The van der Waals surface area contributed by atoms with Gasteiger partial charge >= 0.3 is 11.6 Å². The van der Waals surface area contributed by atoms with E-state index in [1.807, 2.05) is 26.8 Å². The van der Waals surface area contributed by atoms with Gasteiger partial charge in [0, 0.05) is 13.0 Å². The molecule has 5 heteroatoms. The lowest BCUT2D eigenvalue weighted by molar-refractivity contribution is -0.117. The van der Waals surface area contributed by atoms with Gasteiger partial charge in [-0.05, 0) is 32.4 Å². The molecule has 5 nitrogen and oxygen atoms in total. The van der Waals surface area contributed by atoms with Gasteiger partial charge in [-0.15, -0.1) is 0 Å². The number of carbonyl (C=O) groups excluding carboxylic acids is 1. The fourth-order valence-corrected chi connectivity index (χ4v) is 2.05. The average molecular weight is 260 g/mol. The van der Waals surface area contributed by atoms with Crippen molar-refractivity contribution in [2.75, 3.05) is 4.90 Å². The number of anilines is 1. The van der Waals surface area contributed by atoms with Crippen LogP contribution >= 0.6 is 0 Å². The molecule has 0 unspecified atom stereocenters. The Bertz CT molecular complexity index is 689. The Kier molecular flexibility index (Phi) is 3.38. The standard InChI is InChI=1S/C14H16N2O3/c1-8(2)16(10(4)17)14-15-12-9(3)6-5-7-11(12)13(18)19-14/h5-8H,1-4H3. The van der Waals surface area contributed by atoms with Crippen molar-refractivity contribution in [2.24, 2.45) is 0 Å². The molecule has 0 N–H and O–H groups in total. The first-order valence-corrected chi connectivity index (χ1v) is 6.12. The Balaban J connectivity index is 2.73. The Morgan fingerprint density at radius 2 is 2.05 bits per heavy atom. The number of benzene rings is 1. The SMILES string of the molecule is CC(=O)N(c1nc2c(C)cccc2c(=O)o1)C(C)C. The quantitative estimate of drug-likeness (QED) is 0.830. The third-order valence-corrected chi connectivity index (χ3v) is 2.91. The van der Waals surface area contributed by atoms with Crippen LogP contribution in [0.1, 0.15) is 26.3 Å². The topological polar surface area (TPSA) is 63.4 Å². The van der Waals surface area contributed by atoms with Gasteiger partial charge in [0.2, 0.25) is 5.91 Å². The second-order valence-electron chi connectivity index (χ2n) is 4.74. The van der Waals surface area contributed by atoms with Gasteiger partial charge in [0.05, 0.1) is 10.9 Å². The van der Waals surface area contributed by atoms with Gasteiger partial charge in [0.15, 0.2) is 0 Å². The molecule has 2 rings (SSSR count). The van der Waals surface area contributed by atoms with Crippen molar-refractivity contribution in [2.45, 2.75) is 33.7 Å². The van der Waals surface area contributed by atoms with Crippen LogP contribution in [0.4, 0.5) is 6.01 Å². The molecule has 0 spiro atoms. The molecule has 0 atom stereocenters. The number of para-hydroxylation sites is 1. The lowest BCUT2D eigenvalue weighted by atomic mass is 10.1. The lowest BCUT2D eigenvalue weighted by Gasteiger charge is -2.22. The number of hydrogen-bond acceptors (Lipinski definition) is 4. The number of aromatic nitrogens is 1. The summed E-state index contributed by atoms with van der Waals surface area (Å²) in [6.07, 6.45) is 0. The van der Waals surface area contributed by atoms with Gasteiger partial charge in [0.25, 0.3) is 0 Å². The summed E-state index contributed by atoms with van der Waals surface area (Å²) in [5.74, 6) is -0.210. The van der Waals surface area contributed by atoms with Gasteiger partial charge in [-0.3, -0.25) is 9.69 Å². The summed E-state index contributed by atoms with van der Waals surface area (Å²) in [6.45, 7) is 6.96. The molecule has 0 radical (unpaired) electrons. The van der Waals surface area contributed by atoms with Crippen LogP contribution in [0.5, 0.6) is 0 Å². The molecule has 0 aliphatic rings. The van der Waals surface area contributed by atoms with Crippen LogP contribution < -0.4 is 10.5 Å². The fourth-order valence-electron chi connectivity index (χ4n) is 2.05. The minimum Gasteiger partial charge on any atom is -0.388 e. The summed E-state index contributed by atoms with van der Waals surface area (Å²) in [5, 5.41) is 0.427. The number of hydrogen-bond donors (Lipinski definition) is 0. The van der Waals surface area contributed by atoms with Crippen molar-refractivity contribution < 1.29 is 9.21 Å². The van der Waals surface area contributed by atoms with E-state index in [4.69, 9.17) is 4.42 Å². The van der Waals surface area contributed by atoms with E-state index < -0.39 is 5.63 Å². The molecule has 1 heterocycles. The molecule has 1 amide bonds. The normalized spacial score (nSPS) is 11.0. The number of fused-ring (bicyclic) bond motifs is 1. The minimum atomic E-state index is -0.476. The van der Waals surface area contributed by atoms with Crippen LogP contribution in [0.2, 0.25) is 0 Å². The first-order valence-electron chi connectivity index (χ1n) is 6.12. The summed E-state index contributed by atoms with van der Waals surface area (Å²) in [7, 11) is 0. The minimum absolute atomic E-state index is 0.0503.